The van der Waals surface area contributed by atoms with Gasteiger partial charge in [-0.3, -0.25) is 9.59 Å². The van der Waals surface area contributed by atoms with E-state index >= 15 is 0 Å². The number of hydrazine groups is 1. The molecule has 5 heteroatoms. The van der Waals surface area contributed by atoms with Crippen LogP contribution in [0.3, 0.4) is 0 Å². The average Bonchev–Trinajstić information content (AvgIpc) is 2.99. The summed E-state index contributed by atoms with van der Waals surface area (Å²) < 4.78 is 0. The molecule has 1 aliphatic heterocycles. The van der Waals surface area contributed by atoms with Crippen molar-refractivity contribution < 1.29 is 9.59 Å². The molecule has 0 atom stereocenters. The minimum atomic E-state index is -0.250. The highest BCUT2D eigenvalue weighted by Gasteiger charge is 2.37. The molecule has 2 heterocycles. The first kappa shape index (κ1) is 12.1. The Morgan fingerprint density at radius 1 is 1.05 bits per heavy atom. The molecule has 2 amide bonds. The molecule has 0 spiro atoms. The van der Waals surface area contributed by atoms with Crippen LogP contribution in [0, 0.1) is 0 Å². The smallest absolute Gasteiger partial charge is 0.267 e. The number of carbonyl (C=O) groups excluding carboxylic acids is 2. The van der Waals surface area contributed by atoms with Crippen LogP contribution in [-0.4, -0.2) is 28.9 Å². The number of imide groups is 1. The van der Waals surface area contributed by atoms with Crippen LogP contribution in [0.2, 0.25) is 0 Å². The van der Waals surface area contributed by atoms with Crippen LogP contribution in [-0.2, 0) is 6.54 Å². The van der Waals surface area contributed by atoms with E-state index in [-0.39, 0.29) is 11.8 Å². The molecule has 0 bridgehead atoms. The fourth-order valence-corrected chi connectivity index (χ4v) is 2.94. The minimum Gasteiger partial charge on any atom is -0.267 e. The lowest BCUT2D eigenvalue weighted by Gasteiger charge is -2.25. The van der Waals surface area contributed by atoms with Gasteiger partial charge in [-0.05, 0) is 23.6 Å². The summed E-state index contributed by atoms with van der Waals surface area (Å²) in [5.41, 5.74) is 0.955. The van der Waals surface area contributed by atoms with Gasteiger partial charge in [0.15, 0.2) is 0 Å². The lowest BCUT2D eigenvalue weighted by molar-refractivity contribution is 0.0106. The van der Waals surface area contributed by atoms with Gasteiger partial charge in [-0.25, -0.2) is 10.0 Å². The van der Waals surface area contributed by atoms with Crippen molar-refractivity contribution in [2.24, 2.45) is 0 Å². The van der Waals surface area contributed by atoms with E-state index in [1.165, 1.54) is 5.01 Å². The van der Waals surface area contributed by atoms with Crippen molar-refractivity contribution >= 4 is 23.2 Å². The zero-order valence-corrected chi connectivity index (χ0v) is 11.2. The highest BCUT2D eigenvalue weighted by Crippen LogP contribution is 2.24. The number of carbonyl (C=O) groups is 2. The summed E-state index contributed by atoms with van der Waals surface area (Å²) in [4.78, 5) is 25.6. The van der Waals surface area contributed by atoms with Gasteiger partial charge in [-0.15, -0.1) is 11.3 Å². The molecule has 0 aliphatic carbocycles. The van der Waals surface area contributed by atoms with E-state index in [4.69, 9.17) is 0 Å². The minimum absolute atomic E-state index is 0.250. The Balaban J connectivity index is 1.87. The summed E-state index contributed by atoms with van der Waals surface area (Å²) in [5.74, 6) is -0.501. The van der Waals surface area contributed by atoms with E-state index in [9.17, 15) is 9.59 Å². The van der Waals surface area contributed by atoms with Crippen molar-refractivity contribution in [2.45, 2.75) is 6.54 Å². The normalized spacial score (nSPS) is 14.3. The SMILES string of the molecule is CN(Cc1cccs1)N1C(=O)c2ccccc2C1=O. The van der Waals surface area contributed by atoms with Gasteiger partial charge in [-0.1, -0.05) is 18.2 Å². The summed E-state index contributed by atoms with van der Waals surface area (Å²) >= 11 is 1.61. The largest absolute Gasteiger partial charge is 0.276 e. The second-order valence-corrected chi connectivity index (χ2v) is 5.40. The van der Waals surface area contributed by atoms with Gasteiger partial charge in [0.25, 0.3) is 11.8 Å². The van der Waals surface area contributed by atoms with Crippen LogP contribution in [0.25, 0.3) is 0 Å². The molecule has 1 aromatic carbocycles. The van der Waals surface area contributed by atoms with E-state index in [1.807, 2.05) is 17.5 Å². The summed E-state index contributed by atoms with van der Waals surface area (Å²) in [6.07, 6.45) is 0. The number of amides is 2. The molecule has 19 heavy (non-hydrogen) atoms. The topological polar surface area (TPSA) is 40.6 Å². The lowest BCUT2D eigenvalue weighted by atomic mass is 10.1. The number of hydrogen-bond donors (Lipinski definition) is 0. The molecular weight excluding hydrogens is 260 g/mol. The Morgan fingerprint density at radius 3 is 2.21 bits per heavy atom. The molecule has 0 saturated heterocycles. The van der Waals surface area contributed by atoms with Crippen molar-refractivity contribution in [3.05, 3.63) is 57.8 Å². The maximum Gasteiger partial charge on any atom is 0.276 e. The van der Waals surface area contributed by atoms with Crippen LogP contribution in [0.5, 0.6) is 0 Å². The molecule has 3 rings (SSSR count). The van der Waals surface area contributed by atoms with Crippen LogP contribution < -0.4 is 0 Å². The highest BCUT2D eigenvalue weighted by molar-refractivity contribution is 7.09. The Hall–Kier alpha value is -1.98. The molecule has 0 saturated carbocycles. The summed E-state index contributed by atoms with van der Waals surface area (Å²) in [6, 6.07) is 10.9. The molecule has 1 aromatic heterocycles. The molecule has 0 radical (unpaired) electrons. The number of nitrogens with zero attached hydrogens (tertiary/aromatic N) is 2. The second-order valence-electron chi connectivity index (χ2n) is 4.36. The van der Waals surface area contributed by atoms with Crippen molar-refractivity contribution in [3.8, 4) is 0 Å². The molecule has 0 unspecified atom stereocenters. The van der Waals surface area contributed by atoms with E-state index in [0.29, 0.717) is 17.7 Å². The second kappa shape index (κ2) is 4.60. The van der Waals surface area contributed by atoms with E-state index in [2.05, 4.69) is 0 Å². The van der Waals surface area contributed by atoms with E-state index in [0.717, 1.165) is 4.88 Å². The lowest BCUT2D eigenvalue weighted by Crippen LogP contribution is -2.43. The number of rotatable bonds is 3. The van der Waals surface area contributed by atoms with Gasteiger partial charge in [0, 0.05) is 11.9 Å². The Labute approximate surface area is 114 Å². The summed E-state index contributed by atoms with van der Waals surface area (Å²) in [6.45, 7) is 0.545. The zero-order chi connectivity index (χ0) is 13.4. The molecule has 4 nitrogen and oxygen atoms in total. The van der Waals surface area contributed by atoms with Gasteiger partial charge in [0.2, 0.25) is 0 Å². The van der Waals surface area contributed by atoms with Crippen molar-refractivity contribution in [3.63, 3.8) is 0 Å². The average molecular weight is 272 g/mol. The third kappa shape index (κ3) is 1.97. The molecule has 0 N–H and O–H groups in total. The monoisotopic (exact) mass is 272 g/mol. The quantitative estimate of drug-likeness (QED) is 0.806. The fourth-order valence-electron chi connectivity index (χ4n) is 2.19. The summed E-state index contributed by atoms with van der Waals surface area (Å²) in [7, 11) is 1.75. The summed E-state index contributed by atoms with van der Waals surface area (Å²) in [5, 5.41) is 4.85. The standard InChI is InChI=1S/C14H12N2O2S/c1-15(9-10-5-4-8-19-10)16-13(17)11-6-2-3-7-12(11)14(16)18/h2-8H,9H2,1H3. The van der Waals surface area contributed by atoms with Crippen LogP contribution >= 0.6 is 11.3 Å². The molecular formula is C14H12N2O2S. The molecule has 1 aliphatic rings. The number of benzene rings is 1. The highest BCUT2D eigenvalue weighted by atomic mass is 32.1. The molecule has 2 aromatic rings. The Bertz CT molecular complexity index is 602. The van der Waals surface area contributed by atoms with Gasteiger partial charge in [-0.2, -0.15) is 0 Å². The Kier molecular flexibility index (Phi) is 2.93. The zero-order valence-electron chi connectivity index (χ0n) is 10.4. The predicted octanol–water partition coefficient (Wildman–Crippen LogP) is 2.39. The van der Waals surface area contributed by atoms with Crippen LogP contribution in [0.4, 0.5) is 0 Å². The first-order chi connectivity index (χ1) is 9.18. The first-order valence-corrected chi connectivity index (χ1v) is 6.77. The van der Waals surface area contributed by atoms with Gasteiger partial charge in [0.1, 0.15) is 0 Å². The van der Waals surface area contributed by atoms with Crippen molar-refractivity contribution in [1.82, 2.24) is 10.0 Å². The van der Waals surface area contributed by atoms with Crippen LogP contribution in [0.1, 0.15) is 25.6 Å². The maximum atomic E-state index is 12.2. The van der Waals surface area contributed by atoms with Crippen molar-refractivity contribution in [1.29, 1.82) is 0 Å². The number of thiophene rings is 1. The third-order valence-electron chi connectivity index (χ3n) is 3.08. The fraction of sp³-hybridized carbons (Fsp3) is 0.143. The Morgan fingerprint density at radius 2 is 1.68 bits per heavy atom. The number of hydrogen-bond acceptors (Lipinski definition) is 4. The van der Waals surface area contributed by atoms with Gasteiger partial charge >= 0.3 is 0 Å². The first-order valence-electron chi connectivity index (χ1n) is 5.89. The third-order valence-corrected chi connectivity index (χ3v) is 3.94. The van der Waals surface area contributed by atoms with Gasteiger partial charge < -0.3 is 0 Å². The van der Waals surface area contributed by atoms with Crippen molar-refractivity contribution in [2.75, 3.05) is 7.05 Å². The van der Waals surface area contributed by atoms with Gasteiger partial charge in [0.05, 0.1) is 17.7 Å². The van der Waals surface area contributed by atoms with E-state index in [1.54, 1.807) is 47.7 Å². The van der Waals surface area contributed by atoms with E-state index < -0.39 is 0 Å². The maximum absolute atomic E-state index is 12.2. The predicted molar refractivity (Wildman–Crippen MR) is 72.7 cm³/mol. The molecule has 96 valence electrons. The van der Waals surface area contributed by atoms with Crippen LogP contribution in [0.15, 0.2) is 41.8 Å². The number of fused-ring (bicyclic) bond motifs is 1. The molecule has 0 fully saturated rings.